The topological polar surface area (TPSA) is 63.6 Å². The summed E-state index contributed by atoms with van der Waals surface area (Å²) in [5.74, 6) is -0.665. The number of aliphatic hydroxyl groups excluding tert-OH is 1. The lowest BCUT2D eigenvalue weighted by Crippen LogP contribution is -2.12. The van der Waals surface area contributed by atoms with Crippen molar-refractivity contribution in [2.24, 2.45) is 5.92 Å². The number of esters is 1. The van der Waals surface area contributed by atoms with Crippen LogP contribution in [0.2, 0.25) is 0 Å². The number of aryl methyl sites for hydroxylation is 1. The molecule has 4 heteroatoms. The first-order chi connectivity index (χ1) is 12.4. The van der Waals surface area contributed by atoms with Crippen LogP contribution in [0, 0.1) is 19.8 Å². The molecule has 0 unspecified atom stereocenters. The second-order valence-corrected chi connectivity index (χ2v) is 6.99. The highest BCUT2D eigenvalue weighted by molar-refractivity contribution is 6.04. The third-order valence-corrected chi connectivity index (χ3v) is 5.22. The van der Waals surface area contributed by atoms with E-state index in [1.807, 2.05) is 50.2 Å². The maximum atomic E-state index is 12.4. The van der Waals surface area contributed by atoms with Gasteiger partial charge in [-0.3, -0.25) is 9.59 Å². The first-order valence-corrected chi connectivity index (χ1v) is 8.95. The van der Waals surface area contributed by atoms with Gasteiger partial charge in [-0.15, -0.1) is 0 Å². The molecule has 1 aliphatic carbocycles. The summed E-state index contributed by atoms with van der Waals surface area (Å²) in [7, 11) is 0. The molecule has 0 bridgehead atoms. The van der Waals surface area contributed by atoms with Crippen molar-refractivity contribution in [3.63, 3.8) is 0 Å². The van der Waals surface area contributed by atoms with E-state index < -0.39 is 12.0 Å². The van der Waals surface area contributed by atoms with Crippen LogP contribution in [0.3, 0.4) is 0 Å². The maximum Gasteiger partial charge on any atom is 0.310 e. The van der Waals surface area contributed by atoms with Gasteiger partial charge in [0, 0.05) is 17.9 Å². The van der Waals surface area contributed by atoms with Crippen LogP contribution in [0.5, 0.6) is 0 Å². The molecule has 0 saturated carbocycles. The summed E-state index contributed by atoms with van der Waals surface area (Å²) >= 11 is 0. The fourth-order valence-corrected chi connectivity index (χ4v) is 3.72. The highest BCUT2D eigenvalue weighted by atomic mass is 16.5. The Balaban J connectivity index is 1.68. The van der Waals surface area contributed by atoms with Crippen LogP contribution in [0.15, 0.2) is 36.4 Å². The Hall–Kier alpha value is -2.46. The van der Waals surface area contributed by atoms with Gasteiger partial charge in [-0.05, 0) is 41.7 Å². The minimum absolute atomic E-state index is 0.00711. The zero-order valence-electron chi connectivity index (χ0n) is 15.4. The zero-order chi connectivity index (χ0) is 18.8. The summed E-state index contributed by atoms with van der Waals surface area (Å²) in [5.41, 5.74) is 5.22. The smallest absolute Gasteiger partial charge is 0.310 e. The van der Waals surface area contributed by atoms with Crippen LogP contribution < -0.4 is 0 Å². The van der Waals surface area contributed by atoms with Gasteiger partial charge >= 0.3 is 5.97 Å². The van der Waals surface area contributed by atoms with E-state index in [2.05, 4.69) is 0 Å². The second kappa shape index (κ2) is 7.42. The molecular weight excluding hydrogens is 328 g/mol. The molecule has 1 aliphatic rings. The number of hydrogen-bond acceptors (Lipinski definition) is 4. The molecule has 0 fully saturated rings. The van der Waals surface area contributed by atoms with E-state index in [-0.39, 0.29) is 24.8 Å². The van der Waals surface area contributed by atoms with Crippen molar-refractivity contribution < 1.29 is 19.4 Å². The van der Waals surface area contributed by atoms with Crippen molar-refractivity contribution >= 4 is 11.8 Å². The van der Waals surface area contributed by atoms with Gasteiger partial charge in [-0.25, -0.2) is 0 Å². The van der Waals surface area contributed by atoms with Crippen LogP contribution in [0.4, 0.5) is 0 Å². The minimum Gasteiger partial charge on any atom is -0.465 e. The fourth-order valence-electron chi connectivity index (χ4n) is 3.72. The summed E-state index contributed by atoms with van der Waals surface area (Å²) in [6.07, 6.45) is 0.0849. The summed E-state index contributed by atoms with van der Waals surface area (Å²) in [4.78, 5) is 24.4. The average Bonchev–Trinajstić information content (AvgIpc) is 2.83. The second-order valence-electron chi connectivity index (χ2n) is 6.99. The first-order valence-electron chi connectivity index (χ1n) is 8.95. The summed E-state index contributed by atoms with van der Waals surface area (Å²) in [5, 5.41) is 10.3. The molecule has 3 rings (SSSR count). The van der Waals surface area contributed by atoms with E-state index in [4.69, 9.17) is 4.74 Å². The average molecular weight is 352 g/mol. The Morgan fingerprint density at radius 1 is 1.19 bits per heavy atom. The van der Waals surface area contributed by atoms with Crippen molar-refractivity contribution in [1.29, 1.82) is 0 Å². The Morgan fingerprint density at radius 2 is 1.88 bits per heavy atom. The highest BCUT2D eigenvalue weighted by Crippen LogP contribution is 2.39. The minimum atomic E-state index is -0.729. The van der Waals surface area contributed by atoms with Crippen LogP contribution in [-0.4, -0.2) is 23.5 Å². The third kappa shape index (κ3) is 3.42. The van der Waals surface area contributed by atoms with Crippen molar-refractivity contribution in [3.05, 3.63) is 69.8 Å². The van der Waals surface area contributed by atoms with Gasteiger partial charge < -0.3 is 9.84 Å². The maximum absolute atomic E-state index is 12.4. The quantitative estimate of drug-likeness (QED) is 0.837. The third-order valence-electron chi connectivity index (χ3n) is 5.22. The van der Waals surface area contributed by atoms with Crippen molar-refractivity contribution in [1.82, 2.24) is 0 Å². The molecule has 0 spiro atoms. The van der Waals surface area contributed by atoms with E-state index in [9.17, 15) is 14.7 Å². The van der Waals surface area contributed by atoms with Gasteiger partial charge in [0.1, 0.15) is 0 Å². The monoisotopic (exact) mass is 352 g/mol. The predicted octanol–water partition coefficient (Wildman–Crippen LogP) is 3.50. The Labute approximate surface area is 153 Å². The largest absolute Gasteiger partial charge is 0.465 e. The van der Waals surface area contributed by atoms with Crippen LogP contribution >= 0.6 is 0 Å². The van der Waals surface area contributed by atoms with E-state index >= 15 is 0 Å². The number of fused-ring (bicyclic) bond motifs is 1. The fraction of sp³-hybridized carbons (Fsp3) is 0.364. The summed E-state index contributed by atoms with van der Waals surface area (Å²) in [6, 6.07) is 11.4. The molecule has 1 N–H and O–H groups in total. The zero-order valence-corrected chi connectivity index (χ0v) is 15.4. The number of ketones is 1. The molecule has 0 saturated heterocycles. The number of carbonyl (C=O) groups excluding carboxylic acids is 2. The van der Waals surface area contributed by atoms with E-state index in [1.54, 1.807) is 6.92 Å². The Kier molecular flexibility index (Phi) is 5.23. The number of aliphatic hydroxyl groups is 1. The molecule has 0 radical (unpaired) electrons. The van der Waals surface area contributed by atoms with Crippen molar-refractivity contribution in [3.8, 4) is 0 Å². The molecule has 136 valence electrons. The van der Waals surface area contributed by atoms with Gasteiger partial charge in [0.05, 0.1) is 19.1 Å². The lowest BCUT2D eigenvalue weighted by Gasteiger charge is -2.15. The highest BCUT2D eigenvalue weighted by Gasteiger charge is 2.37. The van der Waals surface area contributed by atoms with Crippen LogP contribution in [0.1, 0.15) is 51.2 Å². The molecule has 4 nitrogen and oxygen atoms in total. The van der Waals surface area contributed by atoms with Gasteiger partial charge in [0.15, 0.2) is 5.78 Å². The normalized spacial score (nSPS) is 18.7. The molecule has 26 heavy (non-hydrogen) atoms. The van der Waals surface area contributed by atoms with Crippen molar-refractivity contribution in [2.75, 3.05) is 6.61 Å². The molecule has 2 atom stereocenters. The SMILES string of the molecule is Cc1cc2c(c(C)c1CCOC(=O)Cc1ccccc1)C(=O)[C@@H](C)[C@@H]2O. The molecular formula is C22H24O4. The number of ether oxygens (including phenoxy) is 1. The van der Waals surface area contributed by atoms with Gasteiger partial charge in [-0.1, -0.05) is 43.3 Å². The summed E-state index contributed by atoms with van der Waals surface area (Å²) in [6.45, 7) is 5.91. The number of carbonyl (C=O) groups is 2. The Morgan fingerprint density at radius 3 is 2.58 bits per heavy atom. The van der Waals surface area contributed by atoms with E-state index in [0.717, 1.165) is 27.8 Å². The van der Waals surface area contributed by atoms with Crippen molar-refractivity contribution in [2.45, 2.75) is 39.7 Å². The van der Waals surface area contributed by atoms with Crippen LogP contribution in [-0.2, 0) is 22.4 Å². The lowest BCUT2D eigenvalue weighted by atomic mass is 9.92. The van der Waals surface area contributed by atoms with Gasteiger partial charge in [0.2, 0.25) is 0 Å². The number of rotatable bonds is 5. The predicted molar refractivity (Wildman–Crippen MR) is 99.2 cm³/mol. The summed E-state index contributed by atoms with van der Waals surface area (Å²) < 4.78 is 5.38. The van der Waals surface area contributed by atoms with Gasteiger partial charge in [-0.2, -0.15) is 0 Å². The van der Waals surface area contributed by atoms with E-state index in [1.165, 1.54) is 0 Å². The first kappa shape index (κ1) is 18.3. The number of Topliss-reactive ketones (excluding diaryl/α,β-unsaturated/α-hetero) is 1. The molecule has 2 aromatic carbocycles. The molecule has 0 aliphatic heterocycles. The molecule has 2 aromatic rings. The molecule has 0 aromatic heterocycles. The molecule has 0 amide bonds. The van der Waals surface area contributed by atoms with Gasteiger partial charge in [0.25, 0.3) is 0 Å². The van der Waals surface area contributed by atoms with E-state index in [0.29, 0.717) is 12.0 Å². The standard InChI is InChI=1S/C22H24O4/c1-13-11-18-20(22(25)15(3)21(18)24)14(2)17(13)9-10-26-19(23)12-16-7-5-4-6-8-16/h4-8,11,15,21,24H,9-10,12H2,1-3H3/t15-,21-/m0/s1. The lowest BCUT2D eigenvalue weighted by molar-refractivity contribution is -0.142. The molecule has 0 heterocycles. The number of hydrogen-bond donors (Lipinski definition) is 1. The number of benzene rings is 2. The van der Waals surface area contributed by atoms with Crippen LogP contribution in [0.25, 0.3) is 0 Å². The Bertz CT molecular complexity index is 839.